The number of aromatic amines is 1. The van der Waals surface area contributed by atoms with Crippen LogP contribution in [0.15, 0.2) is 35.1 Å². The minimum Gasteiger partial charge on any atom is -0.396 e. The molecule has 94 valence electrons. The van der Waals surface area contributed by atoms with E-state index in [0.29, 0.717) is 29.4 Å². The molecule has 1 heterocycles. The molecular weight excluding hydrogens is 232 g/mol. The molecule has 5 heteroatoms. The number of rotatable bonds is 4. The molecular formula is C13H14N2O3. The van der Waals surface area contributed by atoms with Crippen molar-refractivity contribution in [1.82, 2.24) is 10.3 Å². The van der Waals surface area contributed by atoms with Gasteiger partial charge in [0.05, 0.1) is 5.56 Å². The number of amides is 1. The van der Waals surface area contributed by atoms with Crippen LogP contribution in [0.1, 0.15) is 16.8 Å². The lowest BCUT2D eigenvalue weighted by atomic mass is 10.1. The quantitative estimate of drug-likeness (QED) is 0.692. The van der Waals surface area contributed by atoms with E-state index in [1.807, 2.05) is 6.07 Å². The largest absolute Gasteiger partial charge is 0.396 e. The number of fused-ring (bicyclic) bond motifs is 1. The topological polar surface area (TPSA) is 82.2 Å². The number of aliphatic hydroxyl groups excluding tert-OH is 1. The van der Waals surface area contributed by atoms with E-state index in [1.54, 1.807) is 18.2 Å². The summed E-state index contributed by atoms with van der Waals surface area (Å²) in [6.45, 7) is 0.410. The van der Waals surface area contributed by atoms with Crippen molar-refractivity contribution >= 4 is 16.8 Å². The second-order valence-corrected chi connectivity index (χ2v) is 3.93. The SMILES string of the molecule is O=C(NCCCO)c1cc(=O)[nH]c2ccccc12. The second kappa shape index (κ2) is 5.46. The first-order chi connectivity index (χ1) is 8.72. The van der Waals surface area contributed by atoms with Crippen molar-refractivity contribution < 1.29 is 9.90 Å². The third kappa shape index (κ3) is 2.57. The van der Waals surface area contributed by atoms with Gasteiger partial charge in [0, 0.05) is 30.1 Å². The number of carbonyl (C=O) groups is 1. The predicted octanol–water partition coefficient (Wildman–Crippen LogP) is 0.640. The highest BCUT2D eigenvalue weighted by Crippen LogP contribution is 2.14. The minimum atomic E-state index is -0.305. The van der Waals surface area contributed by atoms with E-state index in [0.717, 1.165) is 0 Å². The van der Waals surface area contributed by atoms with Crippen molar-refractivity contribution in [2.24, 2.45) is 0 Å². The predicted molar refractivity (Wildman–Crippen MR) is 68.6 cm³/mol. The summed E-state index contributed by atoms with van der Waals surface area (Å²) >= 11 is 0. The summed E-state index contributed by atoms with van der Waals surface area (Å²) < 4.78 is 0. The Morgan fingerprint density at radius 2 is 2.11 bits per heavy atom. The van der Waals surface area contributed by atoms with Crippen LogP contribution in [0.3, 0.4) is 0 Å². The van der Waals surface area contributed by atoms with Crippen molar-refractivity contribution in [3.63, 3.8) is 0 Å². The van der Waals surface area contributed by atoms with Gasteiger partial charge >= 0.3 is 0 Å². The molecule has 0 fully saturated rings. The fourth-order valence-electron chi connectivity index (χ4n) is 1.77. The molecule has 0 aliphatic carbocycles. The van der Waals surface area contributed by atoms with E-state index in [-0.39, 0.29) is 18.1 Å². The van der Waals surface area contributed by atoms with Gasteiger partial charge < -0.3 is 15.4 Å². The van der Waals surface area contributed by atoms with Crippen molar-refractivity contribution in [1.29, 1.82) is 0 Å². The summed E-state index contributed by atoms with van der Waals surface area (Å²) in [5.74, 6) is -0.300. The molecule has 2 rings (SSSR count). The molecule has 0 bridgehead atoms. The van der Waals surface area contributed by atoms with Crippen molar-refractivity contribution in [2.45, 2.75) is 6.42 Å². The van der Waals surface area contributed by atoms with E-state index in [9.17, 15) is 9.59 Å². The molecule has 0 aliphatic rings. The molecule has 0 unspecified atom stereocenters. The average Bonchev–Trinajstić information content (AvgIpc) is 2.38. The standard InChI is InChI=1S/C13H14N2O3/c16-7-3-6-14-13(18)10-8-12(17)15-11-5-2-1-4-9(10)11/h1-2,4-5,8,16H,3,6-7H2,(H,14,18)(H,15,17). The Labute approximate surface area is 103 Å². The Balaban J connectivity index is 2.37. The maximum Gasteiger partial charge on any atom is 0.252 e. The van der Waals surface area contributed by atoms with Crippen LogP contribution in [0.2, 0.25) is 0 Å². The molecule has 0 radical (unpaired) electrons. The Morgan fingerprint density at radius 3 is 2.89 bits per heavy atom. The van der Waals surface area contributed by atoms with Gasteiger partial charge in [-0.1, -0.05) is 18.2 Å². The molecule has 2 aromatic rings. The summed E-state index contributed by atoms with van der Waals surface area (Å²) in [5.41, 5.74) is 0.686. The molecule has 1 aromatic carbocycles. The first kappa shape index (κ1) is 12.3. The zero-order valence-electron chi connectivity index (χ0n) is 9.77. The molecule has 1 aromatic heterocycles. The van der Waals surface area contributed by atoms with Gasteiger partial charge in [-0.05, 0) is 12.5 Å². The molecule has 0 spiro atoms. The minimum absolute atomic E-state index is 0.0242. The van der Waals surface area contributed by atoms with Crippen molar-refractivity contribution in [3.8, 4) is 0 Å². The van der Waals surface area contributed by atoms with E-state index in [1.165, 1.54) is 6.07 Å². The van der Waals surface area contributed by atoms with Crippen LogP contribution in [0.5, 0.6) is 0 Å². The zero-order valence-corrected chi connectivity index (χ0v) is 9.77. The number of hydrogen-bond donors (Lipinski definition) is 3. The van der Waals surface area contributed by atoms with E-state index < -0.39 is 0 Å². The van der Waals surface area contributed by atoms with E-state index in [4.69, 9.17) is 5.11 Å². The molecule has 1 amide bonds. The number of nitrogens with one attached hydrogen (secondary N) is 2. The third-order valence-electron chi connectivity index (χ3n) is 2.62. The van der Waals surface area contributed by atoms with Gasteiger partial charge in [-0.3, -0.25) is 9.59 Å². The number of H-pyrrole nitrogens is 1. The molecule has 0 atom stereocenters. The van der Waals surface area contributed by atoms with Gasteiger partial charge in [-0.15, -0.1) is 0 Å². The number of carbonyl (C=O) groups excluding carboxylic acids is 1. The molecule has 18 heavy (non-hydrogen) atoms. The smallest absolute Gasteiger partial charge is 0.252 e. The van der Waals surface area contributed by atoms with Crippen LogP contribution in [0, 0.1) is 0 Å². The Kier molecular flexibility index (Phi) is 3.74. The van der Waals surface area contributed by atoms with Crippen LogP contribution in [0.25, 0.3) is 10.9 Å². The number of aromatic nitrogens is 1. The van der Waals surface area contributed by atoms with Crippen LogP contribution in [-0.4, -0.2) is 29.1 Å². The first-order valence-corrected chi connectivity index (χ1v) is 5.73. The maximum atomic E-state index is 11.9. The molecule has 0 aliphatic heterocycles. The van der Waals surface area contributed by atoms with Crippen LogP contribution in [0.4, 0.5) is 0 Å². The van der Waals surface area contributed by atoms with Gasteiger partial charge in [-0.25, -0.2) is 0 Å². The molecule has 0 saturated carbocycles. The average molecular weight is 246 g/mol. The van der Waals surface area contributed by atoms with E-state index in [2.05, 4.69) is 10.3 Å². The van der Waals surface area contributed by atoms with Crippen LogP contribution in [-0.2, 0) is 0 Å². The zero-order chi connectivity index (χ0) is 13.0. The molecule has 3 N–H and O–H groups in total. The van der Waals surface area contributed by atoms with Gasteiger partial charge in [-0.2, -0.15) is 0 Å². The number of benzene rings is 1. The fourth-order valence-corrected chi connectivity index (χ4v) is 1.77. The number of pyridine rings is 1. The van der Waals surface area contributed by atoms with Crippen molar-refractivity contribution in [3.05, 3.63) is 46.2 Å². The lowest BCUT2D eigenvalue weighted by molar-refractivity contribution is 0.0952. The molecule has 0 saturated heterocycles. The van der Waals surface area contributed by atoms with Crippen LogP contribution < -0.4 is 10.9 Å². The second-order valence-electron chi connectivity index (χ2n) is 3.93. The summed E-state index contributed by atoms with van der Waals surface area (Å²) in [4.78, 5) is 26.1. The maximum absolute atomic E-state index is 11.9. The summed E-state index contributed by atoms with van der Waals surface area (Å²) in [6, 6.07) is 8.43. The first-order valence-electron chi connectivity index (χ1n) is 5.73. The normalized spacial score (nSPS) is 10.5. The summed E-state index contributed by atoms with van der Waals surface area (Å²) in [7, 11) is 0. The number of aliphatic hydroxyl groups is 1. The highest BCUT2D eigenvalue weighted by Gasteiger charge is 2.10. The van der Waals surface area contributed by atoms with Gasteiger partial charge in [0.15, 0.2) is 0 Å². The van der Waals surface area contributed by atoms with Crippen LogP contribution >= 0.6 is 0 Å². The summed E-state index contributed by atoms with van der Waals surface area (Å²) in [5, 5.41) is 12.0. The molecule has 5 nitrogen and oxygen atoms in total. The Morgan fingerprint density at radius 1 is 1.33 bits per heavy atom. The lowest BCUT2D eigenvalue weighted by Gasteiger charge is -2.06. The Bertz CT molecular complexity index is 619. The van der Waals surface area contributed by atoms with Gasteiger partial charge in [0.2, 0.25) is 5.56 Å². The van der Waals surface area contributed by atoms with Crippen molar-refractivity contribution in [2.75, 3.05) is 13.2 Å². The monoisotopic (exact) mass is 246 g/mol. The summed E-state index contributed by atoms with van der Waals surface area (Å²) in [6.07, 6.45) is 0.493. The van der Waals surface area contributed by atoms with Gasteiger partial charge in [0.1, 0.15) is 0 Å². The number of para-hydroxylation sites is 1. The fraction of sp³-hybridized carbons (Fsp3) is 0.231. The van der Waals surface area contributed by atoms with Gasteiger partial charge in [0.25, 0.3) is 5.91 Å². The lowest BCUT2D eigenvalue weighted by Crippen LogP contribution is -2.26. The number of hydrogen-bond acceptors (Lipinski definition) is 3. The van der Waals surface area contributed by atoms with E-state index >= 15 is 0 Å². The highest BCUT2D eigenvalue weighted by atomic mass is 16.3. The third-order valence-corrected chi connectivity index (χ3v) is 2.62. The highest BCUT2D eigenvalue weighted by molar-refractivity contribution is 6.05. The Hall–Kier alpha value is -2.14.